The van der Waals surface area contributed by atoms with Crippen LogP contribution in [0.2, 0.25) is 0 Å². The van der Waals surface area contributed by atoms with Crippen LogP contribution >= 0.6 is 0 Å². The van der Waals surface area contributed by atoms with Gasteiger partial charge in [-0.05, 0) is 13.8 Å². The predicted molar refractivity (Wildman–Crippen MR) is 45.5 cm³/mol. The Bertz CT molecular complexity index is 147. The molecule has 2 N–H and O–H groups in total. The van der Waals surface area contributed by atoms with E-state index in [4.69, 9.17) is 19.7 Å². The summed E-state index contributed by atoms with van der Waals surface area (Å²) in [6.07, 6.45) is -1.65. The van der Waals surface area contributed by atoms with Crippen molar-refractivity contribution in [3.05, 3.63) is 0 Å². The van der Waals surface area contributed by atoms with E-state index in [0.717, 1.165) is 0 Å². The normalized spacial score (nSPS) is 15.3. The summed E-state index contributed by atoms with van der Waals surface area (Å²) in [5, 5.41) is 17.6. The Morgan fingerprint density at radius 1 is 1.46 bits per heavy atom. The lowest BCUT2D eigenvalue weighted by atomic mass is 10.4. The van der Waals surface area contributed by atoms with E-state index in [-0.39, 0.29) is 13.2 Å². The highest BCUT2D eigenvalue weighted by molar-refractivity contribution is 5.71. The molecule has 0 aliphatic heterocycles. The van der Waals surface area contributed by atoms with Crippen LogP contribution in [0.5, 0.6) is 0 Å². The van der Waals surface area contributed by atoms with Gasteiger partial charge < -0.3 is 19.7 Å². The summed E-state index contributed by atoms with van der Waals surface area (Å²) in [5.41, 5.74) is 0. The van der Waals surface area contributed by atoms with Crippen molar-refractivity contribution in [2.45, 2.75) is 26.1 Å². The standard InChI is InChI=1S/C8H16O5/c1-3-12-4-7(9)5-13-6(2)8(10)11/h6-7,9H,3-5H2,1-2H3,(H,10,11)/t6-,7?/m0/s1. The first-order valence-corrected chi connectivity index (χ1v) is 4.18. The lowest BCUT2D eigenvalue weighted by Crippen LogP contribution is -2.28. The molecule has 1 unspecified atom stereocenters. The minimum atomic E-state index is -1.04. The third-order valence-electron chi connectivity index (χ3n) is 1.40. The van der Waals surface area contributed by atoms with Gasteiger partial charge in [-0.15, -0.1) is 0 Å². The van der Waals surface area contributed by atoms with Gasteiger partial charge in [0.2, 0.25) is 0 Å². The quantitative estimate of drug-likeness (QED) is 0.587. The van der Waals surface area contributed by atoms with Crippen LogP contribution in [-0.2, 0) is 14.3 Å². The van der Waals surface area contributed by atoms with E-state index >= 15 is 0 Å². The van der Waals surface area contributed by atoms with Crippen LogP contribution < -0.4 is 0 Å². The molecule has 0 heterocycles. The van der Waals surface area contributed by atoms with Crippen molar-refractivity contribution in [1.29, 1.82) is 0 Å². The third-order valence-corrected chi connectivity index (χ3v) is 1.40. The number of carboxylic acids is 1. The molecule has 78 valence electrons. The topological polar surface area (TPSA) is 76.0 Å². The molecule has 13 heavy (non-hydrogen) atoms. The Hall–Kier alpha value is -0.650. The Kier molecular flexibility index (Phi) is 6.48. The maximum absolute atomic E-state index is 10.3. The second-order valence-electron chi connectivity index (χ2n) is 2.63. The third kappa shape index (κ3) is 6.51. The number of aliphatic hydroxyl groups excluding tert-OH is 1. The van der Waals surface area contributed by atoms with E-state index in [9.17, 15) is 4.79 Å². The van der Waals surface area contributed by atoms with E-state index in [0.29, 0.717) is 6.61 Å². The average Bonchev–Trinajstić information content (AvgIpc) is 2.10. The fourth-order valence-electron chi connectivity index (χ4n) is 0.629. The largest absolute Gasteiger partial charge is 0.479 e. The Labute approximate surface area is 77.3 Å². The maximum atomic E-state index is 10.3. The molecule has 0 fully saturated rings. The van der Waals surface area contributed by atoms with Gasteiger partial charge in [-0.3, -0.25) is 0 Å². The van der Waals surface area contributed by atoms with Crippen molar-refractivity contribution < 1.29 is 24.5 Å². The van der Waals surface area contributed by atoms with E-state index in [1.807, 2.05) is 6.92 Å². The van der Waals surface area contributed by atoms with Gasteiger partial charge in [-0.25, -0.2) is 4.79 Å². The van der Waals surface area contributed by atoms with Gasteiger partial charge in [-0.2, -0.15) is 0 Å². The van der Waals surface area contributed by atoms with Crippen LogP contribution in [0.3, 0.4) is 0 Å². The molecule has 2 atom stereocenters. The summed E-state index contributed by atoms with van der Waals surface area (Å²) >= 11 is 0. The van der Waals surface area contributed by atoms with E-state index in [1.54, 1.807) is 0 Å². The number of carboxylic acid groups (broad SMARTS) is 1. The minimum absolute atomic E-state index is 0.0204. The lowest BCUT2D eigenvalue weighted by Gasteiger charge is -2.13. The molecule has 0 rings (SSSR count). The van der Waals surface area contributed by atoms with Crippen molar-refractivity contribution in [3.63, 3.8) is 0 Å². The molecule has 0 spiro atoms. The first-order chi connectivity index (χ1) is 6.07. The fraction of sp³-hybridized carbons (Fsp3) is 0.875. The van der Waals surface area contributed by atoms with Gasteiger partial charge in [0.25, 0.3) is 0 Å². The molecular weight excluding hydrogens is 176 g/mol. The number of aliphatic hydroxyl groups is 1. The van der Waals surface area contributed by atoms with Gasteiger partial charge in [-0.1, -0.05) is 0 Å². The number of ether oxygens (including phenoxy) is 2. The Morgan fingerprint density at radius 2 is 2.08 bits per heavy atom. The lowest BCUT2D eigenvalue weighted by molar-refractivity contribution is -0.151. The summed E-state index contributed by atoms with van der Waals surface area (Å²) in [4.78, 5) is 10.3. The van der Waals surface area contributed by atoms with Crippen molar-refractivity contribution in [2.24, 2.45) is 0 Å². The number of rotatable bonds is 7. The summed E-state index contributed by atoms with van der Waals surface area (Å²) < 4.78 is 9.74. The zero-order chi connectivity index (χ0) is 10.3. The highest BCUT2D eigenvalue weighted by Gasteiger charge is 2.13. The SMILES string of the molecule is CCOCC(O)CO[C@@H](C)C(=O)O. The van der Waals surface area contributed by atoms with E-state index < -0.39 is 18.2 Å². The number of aliphatic carboxylic acids is 1. The smallest absolute Gasteiger partial charge is 0.332 e. The zero-order valence-corrected chi connectivity index (χ0v) is 7.90. The Balaban J connectivity index is 3.45. The summed E-state index contributed by atoms with van der Waals surface area (Å²) in [7, 11) is 0. The monoisotopic (exact) mass is 192 g/mol. The molecule has 5 heteroatoms. The van der Waals surface area contributed by atoms with Gasteiger partial charge in [0, 0.05) is 6.61 Å². The van der Waals surface area contributed by atoms with Crippen LogP contribution in [0.4, 0.5) is 0 Å². The molecule has 0 aromatic heterocycles. The first-order valence-electron chi connectivity index (χ1n) is 4.18. The molecule has 0 saturated carbocycles. The van der Waals surface area contributed by atoms with Crippen molar-refractivity contribution in [3.8, 4) is 0 Å². The van der Waals surface area contributed by atoms with Crippen molar-refractivity contribution >= 4 is 5.97 Å². The first kappa shape index (κ1) is 12.3. The molecule has 0 amide bonds. The van der Waals surface area contributed by atoms with Crippen LogP contribution in [-0.4, -0.2) is 48.2 Å². The molecule has 0 aromatic carbocycles. The molecule has 0 aromatic rings. The van der Waals surface area contributed by atoms with Crippen LogP contribution in [0, 0.1) is 0 Å². The van der Waals surface area contributed by atoms with Crippen LogP contribution in [0.25, 0.3) is 0 Å². The zero-order valence-electron chi connectivity index (χ0n) is 7.90. The number of carbonyl (C=O) groups is 1. The van der Waals surface area contributed by atoms with Crippen molar-refractivity contribution in [2.75, 3.05) is 19.8 Å². The molecule has 0 bridgehead atoms. The number of hydrogen-bond acceptors (Lipinski definition) is 4. The molecule has 5 nitrogen and oxygen atoms in total. The second kappa shape index (κ2) is 6.82. The average molecular weight is 192 g/mol. The predicted octanol–water partition coefficient (Wildman–Crippen LogP) is -0.127. The fourth-order valence-corrected chi connectivity index (χ4v) is 0.629. The van der Waals surface area contributed by atoms with Crippen molar-refractivity contribution in [1.82, 2.24) is 0 Å². The maximum Gasteiger partial charge on any atom is 0.332 e. The summed E-state index contributed by atoms with van der Waals surface area (Å²) in [6.45, 7) is 3.89. The minimum Gasteiger partial charge on any atom is -0.479 e. The van der Waals surface area contributed by atoms with Gasteiger partial charge in [0.15, 0.2) is 6.10 Å². The van der Waals surface area contributed by atoms with Gasteiger partial charge in [0.05, 0.1) is 13.2 Å². The van der Waals surface area contributed by atoms with Gasteiger partial charge >= 0.3 is 5.97 Å². The Morgan fingerprint density at radius 3 is 2.54 bits per heavy atom. The van der Waals surface area contributed by atoms with Crippen LogP contribution in [0.1, 0.15) is 13.8 Å². The van der Waals surface area contributed by atoms with E-state index in [1.165, 1.54) is 6.92 Å². The highest BCUT2D eigenvalue weighted by atomic mass is 16.5. The summed E-state index contributed by atoms with van der Waals surface area (Å²) in [5.74, 6) is -1.04. The molecule has 0 aliphatic rings. The second-order valence-corrected chi connectivity index (χ2v) is 2.63. The number of hydrogen-bond donors (Lipinski definition) is 2. The highest BCUT2D eigenvalue weighted by Crippen LogP contribution is 1.94. The molecule has 0 radical (unpaired) electrons. The summed E-state index contributed by atoms with van der Waals surface area (Å²) in [6, 6.07) is 0. The molecule has 0 aliphatic carbocycles. The van der Waals surface area contributed by atoms with Gasteiger partial charge in [0.1, 0.15) is 6.10 Å². The molecule has 0 saturated heterocycles. The molecular formula is C8H16O5. The van der Waals surface area contributed by atoms with E-state index in [2.05, 4.69) is 0 Å². The van der Waals surface area contributed by atoms with Crippen LogP contribution in [0.15, 0.2) is 0 Å².